The summed E-state index contributed by atoms with van der Waals surface area (Å²) in [4.78, 5) is 21.4. The molecule has 2 N–H and O–H groups in total. The lowest BCUT2D eigenvalue weighted by Gasteiger charge is -2.14. The number of rotatable bonds is 4. The predicted octanol–water partition coefficient (Wildman–Crippen LogP) is 3.17. The molecule has 162 valence electrons. The first-order chi connectivity index (χ1) is 15.1. The summed E-state index contributed by atoms with van der Waals surface area (Å²) in [6.07, 6.45) is 4.47. The van der Waals surface area contributed by atoms with Gasteiger partial charge in [-0.3, -0.25) is 9.78 Å². The number of hydrogen-bond acceptors (Lipinski definition) is 7. The van der Waals surface area contributed by atoms with Crippen LogP contribution in [0.3, 0.4) is 0 Å². The summed E-state index contributed by atoms with van der Waals surface area (Å²) >= 11 is 0. The van der Waals surface area contributed by atoms with Crippen molar-refractivity contribution >= 4 is 38.7 Å². The van der Waals surface area contributed by atoms with Crippen molar-refractivity contribution < 1.29 is 13.2 Å². The Labute approximate surface area is 184 Å². The minimum atomic E-state index is -3.28. The monoisotopic (exact) mass is 448 g/mol. The summed E-state index contributed by atoms with van der Waals surface area (Å²) in [5.41, 5.74) is 3.72. The van der Waals surface area contributed by atoms with Gasteiger partial charge in [0.05, 0.1) is 10.3 Å². The van der Waals surface area contributed by atoms with E-state index in [0.717, 1.165) is 22.5 Å². The number of sulfone groups is 1. The molecule has 10 heteroatoms. The number of anilines is 3. The summed E-state index contributed by atoms with van der Waals surface area (Å²) in [6.45, 7) is 3.78. The Balaban J connectivity index is 1.48. The van der Waals surface area contributed by atoms with Crippen LogP contribution in [0.5, 0.6) is 0 Å². The zero-order valence-corrected chi connectivity index (χ0v) is 18.4. The van der Waals surface area contributed by atoms with Gasteiger partial charge in [0.1, 0.15) is 5.69 Å². The highest BCUT2D eigenvalue weighted by Crippen LogP contribution is 2.39. The lowest BCUT2D eigenvalue weighted by Crippen LogP contribution is -2.26. The van der Waals surface area contributed by atoms with E-state index in [1.807, 2.05) is 32.0 Å². The van der Waals surface area contributed by atoms with Crippen LogP contribution in [-0.2, 0) is 20.0 Å². The number of aromatic nitrogens is 4. The highest BCUT2D eigenvalue weighted by atomic mass is 32.2. The van der Waals surface area contributed by atoms with E-state index in [0.29, 0.717) is 17.3 Å². The summed E-state index contributed by atoms with van der Waals surface area (Å²) < 4.78 is 25.0. The first-order valence-electron chi connectivity index (χ1n) is 9.88. The van der Waals surface area contributed by atoms with Gasteiger partial charge in [-0.25, -0.2) is 12.9 Å². The van der Waals surface area contributed by atoms with Gasteiger partial charge >= 0.3 is 0 Å². The van der Waals surface area contributed by atoms with E-state index in [2.05, 4.69) is 25.7 Å². The molecule has 0 aliphatic carbocycles. The van der Waals surface area contributed by atoms with Crippen molar-refractivity contribution in [3.05, 3.63) is 60.4 Å². The Hall–Kier alpha value is -3.79. The van der Waals surface area contributed by atoms with Crippen molar-refractivity contribution in [1.82, 2.24) is 19.6 Å². The van der Waals surface area contributed by atoms with Crippen LogP contribution < -0.4 is 10.6 Å². The third-order valence-corrected chi connectivity index (χ3v) is 6.70. The third kappa shape index (κ3) is 3.28. The molecule has 0 unspecified atom stereocenters. The van der Waals surface area contributed by atoms with E-state index in [1.54, 1.807) is 41.2 Å². The van der Waals surface area contributed by atoms with Crippen molar-refractivity contribution in [3.8, 4) is 11.3 Å². The van der Waals surface area contributed by atoms with Crippen LogP contribution in [0.15, 0.2) is 59.8 Å². The minimum Gasteiger partial charge on any atom is -0.325 e. The number of carbonyl (C=O) groups is 1. The zero-order valence-electron chi connectivity index (χ0n) is 17.6. The molecule has 32 heavy (non-hydrogen) atoms. The molecule has 0 saturated heterocycles. The lowest BCUT2D eigenvalue weighted by atomic mass is 9.86. The zero-order chi connectivity index (χ0) is 22.7. The van der Waals surface area contributed by atoms with Crippen LogP contribution in [0.25, 0.3) is 16.9 Å². The van der Waals surface area contributed by atoms with Gasteiger partial charge < -0.3 is 10.6 Å². The van der Waals surface area contributed by atoms with E-state index < -0.39 is 15.3 Å². The van der Waals surface area contributed by atoms with Gasteiger partial charge in [-0.05, 0) is 43.7 Å². The highest BCUT2D eigenvalue weighted by Gasteiger charge is 2.38. The van der Waals surface area contributed by atoms with Crippen LogP contribution in [0.4, 0.5) is 17.3 Å². The molecule has 0 saturated carbocycles. The van der Waals surface area contributed by atoms with Gasteiger partial charge in [-0.15, -0.1) is 5.10 Å². The normalized spacial score (nSPS) is 14.9. The summed E-state index contributed by atoms with van der Waals surface area (Å²) in [6, 6.07) is 12.2. The molecular formula is C22H20N6O3S. The Kier molecular flexibility index (Phi) is 4.31. The molecule has 5 rings (SSSR count). The van der Waals surface area contributed by atoms with Crippen LogP contribution >= 0.6 is 0 Å². The second kappa shape index (κ2) is 6.86. The maximum absolute atomic E-state index is 12.2. The van der Waals surface area contributed by atoms with Crippen molar-refractivity contribution in [1.29, 1.82) is 0 Å². The van der Waals surface area contributed by atoms with E-state index in [1.165, 1.54) is 6.26 Å². The molecule has 0 radical (unpaired) electrons. The lowest BCUT2D eigenvalue weighted by molar-refractivity contribution is -0.119. The largest absolute Gasteiger partial charge is 0.325 e. The number of benzene rings is 2. The van der Waals surface area contributed by atoms with Gasteiger partial charge in [0.2, 0.25) is 11.9 Å². The average molecular weight is 449 g/mol. The number of carbonyl (C=O) groups excluding carboxylic acids is 1. The Morgan fingerprint density at radius 1 is 1.09 bits per heavy atom. The first kappa shape index (κ1) is 20.1. The van der Waals surface area contributed by atoms with Gasteiger partial charge in [0.25, 0.3) is 0 Å². The van der Waals surface area contributed by atoms with Crippen LogP contribution in [0.1, 0.15) is 19.4 Å². The third-order valence-electron chi connectivity index (χ3n) is 5.58. The van der Waals surface area contributed by atoms with Crippen LogP contribution in [-0.4, -0.2) is 40.2 Å². The molecule has 4 aromatic rings. The number of nitrogens with one attached hydrogen (secondary N) is 2. The fourth-order valence-electron chi connectivity index (χ4n) is 3.73. The van der Waals surface area contributed by atoms with E-state index in [4.69, 9.17) is 0 Å². The second-order valence-corrected chi connectivity index (χ2v) is 10.3. The van der Waals surface area contributed by atoms with Crippen molar-refractivity contribution in [2.24, 2.45) is 0 Å². The number of hydrogen-bond donors (Lipinski definition) is 2. The van der Waals surface area contributed by atoms with Gasteiger partial charge in [-0.1, -0.05) is 18.2 Å². The summed E-state index contributed by atoms with van der Waals surface area (Å²) in [7, 11) is -3.28. The van der Waals surface area contributed by atoms with Gasteiger partial charge in [0, 0.05) is 35.6 Å². The van der Waals surface area contributed by atoms with Gasteiger partial charge in [-0.2, -0.15) is 4.98 Å². The molecule has 0 spiro atoms. The molecule has 1 amide bonds. The molecule has 0 fully saturated rings. The Morgan fingerprint density at radius 2 is 1.84 bits per heavy atom. The Bertz CT molecular complexity index is 1490. The predicted molar refractivity (Wildman–Crippen MR) is 121 cm³/mol. The smallest absolute Gasteiger partial charge is 0.247 e. The van der Waals surface area contributed by atoms with Gasteiger partial charge in [0.15, 0.2) is 15.5 Å². The average Bonchev–Trinajstić information content (AvgIpc) is 3.24. The van der Waals surface area contributed by atoms with Crippen molar-refractivity contribution in [2.45, 2.75) is 24.2 Å². The standard InChI is InChI=1S/C22H20N6O3S/c1-22(2)16-9-6-14(12-17(16)25-20(22)29)24-21-26-19-18(23-10-11-28(19)27-21)13-4-7-15(8-5-13)32(3,30)31/h4-12H,1-3H3,(H,24,27)(H,25,29). The fourth-order valence-corrected chi connectivity index (χ4v) is 4.36. The molecule has 1 aliphatic rings. The van der Waals surface area contributed by atoms with E-state index in [9.17, 15) is 13.2 Å². The molecule has 2 aromatic carbocycles. The van der Waals surface area contributed by atoms with Crippen molar-refractivity contribution in [2.75, 3.05) is 16.9 Å². The van der Waals surface area contributed by atoms with E-state index >= 15 is 0 Å². The highest BCUT2D eigenvalue weighted by molar-refractivity contribution is 7.90. The first-order valence-corrected chi connectivity index (χ1v) is 11.8. The molecule has 0 bridgehead atoms. The molecule has 1 aliphatic heterocycles. The van der Waals surface area contributed by atoms with Crippen LogP contribution in [0, 0.1) is 0 Å². The molecule has 3 heterocycles. The molecule has 2 aromatic heterocycles. The molecule has 0 atom stereocenters. The molecular weight excluding hydrogens is 428 g/mol. The SMILES string of the molecule is CC1(C)C(=O)Nc2cc(Nc3nc4c(-c5ccc(S(C)(=O)=O)cc5)nccn4n3)ccc21. The minimum absolute atomic E-state index is 0.0342. The van der Waals surface area contributed by atoms with Crippen LogP contribution in [0.2, 0.25) is 0 Å². The molecule has 9 nitrogen and oxygen atoms in total. The summed E-state index contributed by atoms with van der Waals surface area (Å²) in [5.74, 6) is 0.337. The Morgan fingerprint density at radius 3 is 2.56 bits per heavy atom. The topological polar surface area (TPSA) is 118 Å². The van der Waals surface area contributed by atoms with Crippen molar-refractivity contribution in [3.63, 3.8) is 0 Å². The maximum Gasteiger partial charge on any atom is 0.247 e. The summed E-state index contributed by atoms with van der Waals surface area (Å²) in [5, 5.41) is 10.5. The number of amides is 1. The fraction of sp³-hybridized carbons (Fsp3) is 0.182. The maximum atomic E-state index is 12.2. The van der Waals surface area contributed by atoms with E-state index in [-0.39, 0.29) is 10.8 Å². The number of fused-ring (bicyclic) bond motifs is 2. The second-order valence-electron chi connectivity index (χ2n) is 8.24. The quantitative estimate of drug-likeness (QED) is 0.492. The number of nitrogens with zero attached hydrogens (tertiary/aromatic N) is 4.